The van der Waals surface area contributed by atoms with Crippen LogP contribution in [0.5, 0.6) is 5.75 Å². The number of hydrogen-bond acceptors (Lipinski definition) is 3. The molecule has 0 aliphatic carbocycles. The Morgan fingerprint density at radius 3 is 2.68 bits per heavy atom. The number of ether oxygens (including phenoxy) is 1. The molecule has 0 fully saturated rings. The zero-order valence-electron chi connectivity index (χ0n) is 9.85. The average Bonchev–Trinajstić information content (AvgIpc) is 2.41. The van der Waals surface area contributed by atoms with E-state index in [0.29, 0.717) is 28.3 Å². The second-order valence-corrected chi connectivity index (χ2v) is 5.20. The number of halogens is 2. The van der Waals surface area contributed by atoms with Crippen molar-refractivity contribution in [2.24, 2.45) is 0 Å². The molecule has 0 saturated carbocycles. The summed E-state index contributed by atoms with van der Waals surface area (Å²) >= 11 is 9.38. The average molecular weight is 341 g/mol. The summed E-state index contributed by atoms with van der Waals surface area (Å²) < 4.78 is 6.45. The van der Waals surface area contributed by atoms with Crippen LogP contribution in [-0.4, -0.2) is 6.29 Å². The van der Waals surface area contributed by atoms with E-state index in [4.69, 9.17) is 22.1 Å². The molecule has 0 radical (unpaired) electrons. The van der Waals surface area contributed by atoms with Crippen molar-refractivity contribution in [1.29, 1.82) is 0 Å². The molecule has 98 valence electrons. The normalized spacial score (nSPS) is 11.9. The highest BCUT2D eigenvalue weighted by Crippen LogP contribution is 2.31. The van der Waals surface area contributed by atoms with Crippen LogP contribution in [-0.2, 0) is 4.79 Å². The molecule has 0 aliphatic heterocycles. The quantitative estimate of drug-likeness (QED) is 0.676. The minimum atomic E-state index is -0.787. The van der Waals surface area contributed by atoms with Gasteiger partial charge in [-0.2, -0.15) is 0 Å². The summed E-state index contributed by atoms with van der Waals surface area (Å²) in [5.41, 5.74) is 6.88. The predicted octanol–water partition coefficient (Wildman–Crippen LogP) is 4.00. The van der Waals surface area contributed by atoms with Gasteiger partial charge in [-0.25, -0.2) is 0 Å². The molecule has 5 heteroatoms. The van der Waals surface area contributed by atoms with Crippen LogP contribution in [0.4, 0.5) is 5.69 Å². The highest BCUT2D eigenvalue weighted by molar-refractivity contribution is 9.10. The fraction of sp³-hybridized carbons (Fsp3) is 0.0714. The van der Waals surface area contributed by atoms with Crippen molar-refractivity contribution < 1.29 is 9.53 Å². The van der Waals surface area contributed by atoms with Crippen molar-refractivity contribution in [2.45, 2.75) is 6.10 Å². The van der Waals surface area contributed by atoms with Crippen LogP contribution in [0.3, 0.4) is 0 Å². The van der Waals surface area contributed by atoms with Crippen molar-refractivity contribution in [2.75, 3.05) is 5.73 Å². The summed E-state index contributed by atoms with van der Waals surface area (Å²) in [4.78, 5) is 11.2. The molecule has 2 N–H and O–H groups in total. The summed E-state index contributed by atoms with van der Waals surface area (Å²) in [7, 11) is 0. The van der Waals surface area contributed by atoms with E-state index in [1.807, 2.05) is 0 Å². The van der Waals surface area contributed by atoms with Crippen LogP contribution in [0.2, 0.25) is 5.02 Å². The van der Waals surface area contributed by atoms with Gasteiger partial charge in [0.05, 0.1) is 5.69 Å². The molecular formula is C14H11BrClNO2. The number of nitrogens with two attached hydrogens (primary N) is 1. The van der Waals surface area contributed by atoms with Gasteiger partial charge in [0, 0.05) is 15.1 Å². The third-order valence-electron chi connectivity index (χ3n) is 2.56. The fourth-order valence-electron chi connectivity index (χ4n) is 1.62. The molecule has 2 aromatic rings. The Kier molecular flexibility index (Phi) is 4.45. The van der Waals surface area contributed by atoms with Gasteiger partial charge in [0.2, 0.25) is 0 Å². The van der Waals surface area contributed by atoms with Crippen LogP contribution in [0.25, 0.3) is 0 Å². The van der Waals surface area contributed by atoms with E-state index in [2.05, 4.69) is 15.9 Å². The minimum absolute atomic E-state index is 0.436. The molecule has 0 amide bonds. The lowest BCUT2D eigenvalue weighted by Gasteiger charge is -2.16. The van der Waals surface area contributed by atoms with Gasteiger partial charge in [-0.15, -0.1) is 0 Å². The molecule has 0 saturated heterocycles. The fourth-order valence-corrected chi connectivity index (χ4v) is 2.20. The van der Waals surface area contributed by atoms with E-state index in [-0.39, 0.29) is 0 Å². The van der Waals surface area contributed by atoms with Gasteiger partial charge in [-0.3, -0.25) is 4.79 Å². The molecule has 1 atom stereocenters. The van der Waals surface area contributed by atoms with Crippen molar-refractivity contribution >= 4 is 39.5 Å². The van der Waals surface area contributed by atoms with Gasteiger partial charge in [0.25, 0.3) is 0 Å². The van der Waals surface area contributed by atoms with E-state index in [0.717, 1.165) is 4.47 Å². The Hall–Kier alpha value is -1.52. The maximum Gasteiger partial charge on any atom is 0.180 e. The Bertz CT molecular complexity index is 604. The lowest BCUT2D eigenvalue weighted by molar-refractivity contribution is -0.113. The molecule has 0 aromatic heterocycles. The van der Waals surface area contributed by atoms with Gasteiger partial charge < -0.3 is 10.5 Å². The molecule has 2 aromatic carbocycles. The Labute approximate surface area is 124 Å². The van der Waals surface area contributed by atoms with E-state index in [1.54, 1.807) is 42.5 Å². The number of benzene rings is 2. The second-order valence-electron chi connectivity index (χ2n) is 3.88. The molecule has 3 nitrogen and oxygen atoms in total. The molecule has 0 aliphatic rings. The monoisotopic (exact) mass is 339 g/mol. The smallest absolute Gasteiger partial charge is 0.180 e. The predicted molar refractivity (Wildman–Crippen MR) is 79.4 cm³/mol. The first-order chi connectivity index (χ1) is 9.11. The first kappa shape index (κ1) is 13.9. The number of carbonyl (C=O) groups excluding carboxylic acids is 1. The summed E-state index contributed by atoms with van der Waals surface area (Å²) in [6.45, 7) is 0. The third-order valence-corrected chi connectivity index (χ3v) is 3.40. The third kappa shape index (κ3) is 3.28. The van der Waals surface area contributed by atoms with Gasteiger partial charge in [0.1, 0.15) is 5.75 Å². The Balaban J connectivity index is 2.32. The van der Waals surface area contributed by atoms with Crippen LogP contribution in [0.1, 0.15) is 11.7 Å². The Morgan fingerprint density at radius 1 is 1.26 bits per heavy atom. The van der Waals surface area contributed by atoms with Crippen molar-refractivity contribution in [1.82, 2.24) is 0 Å². The van der Waals surface area contributed by atoms with E-state index in [1.165, 1.54) is 0 Å². The minimum Gasteiger partial charge on any atom is -0.476 e. The summed E-state index contributed by atoms with van der Waals surface area (Å²) in [6, 6.07) is 12.3. The van der Waals surface area contributed by atoms with Crippen LogP contribution < -0.4 is 10.5 Å². The number of rotatable bonds is 4. The first-order valence-electron chi connectivity index (χ1n) is 5.53. The second kappa shape index (κ2) is 6.08. The first-order valence-corrected chi connectivity index (χ1v) is 6.70. The number of hydrogen-bond donors (Lipinski definition) is 1. The molecule has 2 rings (SSSR count). The van der Waals surface area contributed by atoms with E-state index >= 15 is 0 Å². The summed E-state index contributed by atoms with van der Waals surface area (Å²) in [6.07, 6.45) is -0.0908. The maximum atomic E-state index is 11.2. The molecule has 0 heterocycles. The summed E-state index contributed by atoms with van der Waals surface area (Å²) in [5, 5.41) is 0.480. The van der Waals surface area contributed by atoms with Crippen molar-refractivity contribution in [3.05, 3.63) is 57.5 Å². The number of nitrogen functional groups attached to an aromatic ring is 1. The standard InChI is InChI=1S/C14H11BrClNO2/c15-9-5-6-12(17)13(7-9)19-14(8-18)10-3-1-2-4-11(10)16/h1-8,14H,17H2. The zero-order chi connectivity index (χ0) is 13.8. The topological polar surface area (TPSA) is 52.3 Å². The largest absolute Gasteiger partial charge is 0.476 e. The lowest BCUT2D eigenvalue weighted by Crippen LogP contribution is -2.10. The molecule has 0 spiro atoms. The molecule has 0 bridgehead atoms. The maximum absolute atomic E-state index is 11.2. The molecule has 19 heavy (non-hydrogen) atoms. The Morgan fingerprint density at radius 2 is 2.00 bits per heavy atom. The summed E-state index contributed by atoms with van der Waals surface area (Å²) in [5.74, 6) is 0.436. The van der Waals surface area contributed by atoms with Gasteiger partial charge in [0.15, 0.2) is 12.4 Å². The zero-order valence-corrected chi connectivity index (χ0v) is 12.2. The number of aldehydes is 1. The van der Waals surface area contributed by atoms with Gasteiger partial charge in [-0.05, 0) is 24.3 Å². The highest BCUT2D eigenvalue weighted by Gasteiger charge is 2.16. The van der Waals surface area contributed by atoms with Gasteiger partial charge >= 0.3 is 0 Å². The number of anilines is 1. The van der Waals surface area contributed by atoms with Crippen LogP contribution in [0, 0.1) is 0 Å². The van der Waals surface area contributed by atoms with Crippen molar-refractivity contribution in [3.8, 4) is 5.75 Å². The van der Waals surface area contributed by atoms with Gasteiger partial charge in [-0.1, -0.05) is 45.7 Å². The van der Waals surface area contributed by atoms with E-state index < -0.39 is 6.10 Å². The van der Waals surface area contributed by atoms with Crippen LogP contribution in [0.15, 0.2) is 46.9 Å². The van der Waals surface area contributed by atoms with E-state index in [9.17, 15) is 4.79 Å². The number of carbonyl (C=O) groups is 1. The van der Waals surface area contributed by atoms with Crippen molar-refractivity contribution in [3.63, 3.8) is 0 Å². The molecular weight excluding hydrogens is 330 g/mol. The highest BCUT2D eigenvalue weighted by atomic mass is 79.9. The molecule has 1 unspecified atom stereocenters. The lowest BCUT2D eigenvalue weighted by atomic mass is 10.1. The van der Waals surface area contributed by atoms with Crippen LogP contribution >= 0.6 is 27.5 Å². The SMILES string of the molecule is Nc1ccc(Br)cc1OC(C=O)c1ccccc1Cl.